The van der Waals surface area contributed by atoms with Crippen LogP contribution >= 0.6 is 15.9 Å². The molecule has 1 aromatic carbocycles. The van der Waals surface area contributed by atoms with Gasteiger partial charge in [0.2, 0.25) is 0 Å². The fraction of sp³-hybridized carbons (Fsp3) is 0.357. The molecule has 0 amide bonds. The molecule has 5 nitrogen and oxygen atoms in total. The molecular weight excluding hydrogens is 354 g/mol. The van der Waals surface area contributed by atoms with Gasteiger partial charge in [-0.15, -0.1) is 0 Å². The van der Waals surface area contributed by atoms with Crippen molar-refractivity contribution in [2.24, 2.45) is 0 Å². The lowest BCUT2D eigenvalue weighted by Gasteiger charge is -2.24. The molecule has 1 fully saturated rings. The van der Waals surface area contributed by atoms with Crippen molar-refractivity contribution in [3.63, 3.8) is 0 Å². The van der Waals surface area contributed by atoms with Crippen molar-refractivity contribution in [2.45, 2.75) is 18.9 Å². The van der Waals surface area contributed by atoms with E-state index in [2.05, 4.69) is 21.0 Å². The molecule has 2 heterocycles. The van der Waals surface area contributed by atoms with Gasteiger partial charge in [0, 0.05) is 16.1 Å². The Morgan fingerprint density at radius 1 is 1.38 bits per heavy atom. The van der Waals surface area contributed by atoms with E-state index in [4.69, 9.17) is 5.73 Å². The third-order valence-corrected chi connectivity index (χ3v) is 6.23. The Hall–Kier alpha value is -1.34. The fourth-order valence-corrected chi connectivity index (χ4v) is 5.29. The molecule has 0 aliphatic carbocycles. The summed E-state index contributed by atoms with van der Waals surface area (Å²) in [4.78, 5) is 0. The van der Waals surface area contributed by atoms with Crippen LogP contribution in [-0.4, -0.2) is 29.7 Å². The molecule has 21 heavy (non-hydrogen) atoms. The second-order valence-corrected chi connectivity index (χ2v) is 8.82. The monoisotopic (exact) mass is 369 g/mol. The standard InChI is InChI=1S/C14H16BrN3O2S/c1-14(5-6-21(19,20)9-14)18-13(16)8-12(17-18)10-3-2-4-11(15)7-10/h2-4,7-8H,5-6,9,16H2,1H3. The summed E-state index contributed by atoms with van der Waals surface area (Å²) < 4.78 is 26.1. The molecule has 112 valence electrons. The molecule has 3 rings (SSSR count). The van der Waals surface area contributed by atoms with Crippen LogP contribution in [0.25, 0.3) is 11.3 Å². The highest BCUT2D eigenvalue weighted by Gasteiger charge is 2.41. The van der Waals surface area contributed by atoms with Gasteiger partial charge in [-0.3, -0.25) is 0 Å². The van der Waals surface area contributed by atoms with E-state index in [1.54, 1.807) is 10.7 Å². The zero-order valence-corrected chi connectivity index (χ0v) is 14.0. The molecular formula is C14H16BrN3O2S. The highest BCUT2D eigenvalue weighted by Crippen LogP contribution is 2.34. The zero-order valence-electron chi connectivity index (χ0n) is 11.6. The molecule has 1 atom stereocenters. The van der Waals surface area contributed by atoms with E-state index >= 15 is 0 Å². The number of sulfone groups is 1. The van der Waals surface area contributed by atoms with Crippen LogP contribution in [0.3, 0.4) is 0 Å². The van der Waals surface area contributed by atoms with Gasteiger partial charge in [0.25, 0.3) is 0 Å². The third-order valence-electron chi connectivity index (χ3n) is 3.85. The molecule has 1 saturated heterocycles. The van der Waals surface area contributed by atoms with Gasteiger partial charge in [-0.1, -0.05) is 28.1 Å². The lowest BCUT2D eigenvalue weighted by molar-refractivity contribution is 0.335. The van der Waals surface area contributed by atoms with Crippen molar-refractivity contribution in [1.82, 2.24) is 9.78 Å². The SMILES string of the molecule is CC1(n2nc(-c3cccc(Br)c3)cc2N)CCS(=O)(=O)C1. The Balaban J connectivity index is 2.03. The number of nitrogen functional groups attached to an aromatic ring is 1. The number of benzene rings is 1. The summed E-state index contributed by atoms with van der Waals surface area (Å²) in [6.45, 7) is 1.89. The van der Waals surface area contributed by atoms with Crippen LogP contribution in [0.5, 0.6) is 0 Å². The Labute approximate surface area is 132 Å². The molecule has 2 aromatic rings. The van der Waals surface area contributed by atoms with Gasteiger partial charge in [-0.25, -0.2) is 13.1 Å². The maximum absolute atomic E-state index is 11.8. The van der Waals surface area contributed by atoms with E-state index in [9.17, 15) is 8.42 Å². The molecule has 0 saturated carbocycles. The Bertz CT molecular complexity index is 800. The van der Waals surface area contributed by atoms with Crippen LogP contribution in [0, 0.1) is 0 Å². The van der Waals surface area contributed by atoms with Crippen molar-refractivity contribution in [2.75, 3.05) is 17.2 Å². The Kier molecular flexibility index (Phi) is 3.37. The fourth-order valence-electron chi connectivity index (χ4n) is 2.78. The maximum Gasteiger partial charge on any atom is 0.152 e. The van der Waals surface area contributed by atoms with E-state index in [-0.39, 0.29) is 11.5 Å². The van der Waals surface area contributed by atoms with Gasteiger partial charge in [-0.05, 0) is 25.5 Å². The van der Waals surface area contributed by atoms with Crippen molar-refractivity contribution >= 4 is 31.6 Å². The molecule has 0 spiro atoms. The first-order valence-corrected chi connectivity index (χ1v) is 9.23. The second kappa shape index (κ2) is 4.84. The van der Waals surface area contributed by atoms with Crippen LogP contribution in [0.1, 0.15) is 13.3 Å². The van der Waals surface area contributed by atoms with Crippen molar-refractivity contribution in [1.29, 1.82) is 0 Å². The van der Waals surface area contributed by atoms with Gasteiger partial charge < -0.3 is 5.73 Å². The van der Waals surface area contributed by atoms with Crippen molar-refractivity contribution < 1.29 is 8.42 Å². The molecule has 1 aliphatic rings. The zero-order chi connectivity index (χ0) is 15.3. The first-order valence-electron chi connectivity index (χ1n) is 6.61. The maximum atomic E-state index is 11.8. The summed E-state index contributed by atoms with van der Waals surface area (Å²) in [7, 11) is -3.00. The quantitative estimate of drug-likeness (QED) is 0.881. The Morgan fingerprint density at radius 2 is 2.14 bits per heavy atom. The topological polar surface area (TPSA) is 78.0 Å². The average Bonchev–Trinajstić information content (AvgIpc) is 2.91. The van der Waals surface area contributed by atoms with E-state index in [0.717, 1.165) is 15.7 Å². The number of nitrogens with two attached hydrogens (primary N) is 1. The number of rotatable bonds is 2. The van der Waals surface area contributed by atoms with Crippen LogP contribution < -0.4 is 5.73 Å². The number of nitrogens with zero attached hydrogens (tertiary/aromatic N) is 2. The van der Waals surface area contributed by atoms with Crippen LogP contribution in [0.2, 0.25) is 0 Å². The van der Waals surface area contributed by atoms with Gasteiger partial charge in [0.1, 0.15) is 5.82 Å². The minimum absolute atomic E-state index is 0.0871. The smallest absolute Gasteiger partial charge is 0.152 e. The molecule has 7 heteroatoms. The Morgan fingerprint density at radius 3 is 2.76 bits per heavy atom. The molecule has 2 N–H and O–H groups in total. The summed E-state index contributed by atoms with van der Waals surface area (Å²) in [6, 6.07) is 9.56. The highest BCUT2D eigenvalue weighted by molar-refractivity contribution is 9.10. The number of anilines is 1. The summed E-state index contributed by atoms with van der Waals surface area (Å²) >= 11 is 3.43. The van der Waals surface area contributed by atoms with E-state index in [1.165, 1.54) is 0 Å². The van der Waals surface area contributed by atoms with Crippen LogP contribution in [-0.2, 0) is 15.4 Å². The predicted octanol–water partition coefficient (Wildman–Crippen LogP) is 2.43. The van der Waals surface area contributed by atoms with Gasteiger partial charge >= 0.3 is 0 Å². The number of aromatic nitrogens is 2. The average molecular weight is 370 g/mol. The molecule has 1 aromatic heterocycles. The predicted molar refractivity (Wildman–Crippen MR) is 86.7 cm³/mol. The molecule has 1 unspecified atom stereocenters. The van der Waals surface area contributed by atoms with Crippen LogP contribution in [0.15, 0.2) is 34.8 Å². The van der Waals surface area contributed by atoms with Gasteiger partial charge in [0.05, 0.1) is 22.7 Å². The minimum Gasteiger partial charge on any atom is -0.384 e. The molecule has 0 radical (unpaired) electrons. The summed E-state index contributed by atoms with van der Waals surface area (Å²) in [6.07, 6.45) is 0.541. The minimum atomic E-state index is -3.00. The largest absolute Gasteiger partial charge is 0.384 e. The van der Waals surface area contributed by atoms with Crippen LogP contribution in [0.4, 0.5) is 5.82 Å². The lowest BCUT2D eigenvalue weighted by atomic mass is 10.0. The third kappa shape index (κ3) is 2.72. The van der Waals surface area contributed by atoms with Gasteiger partial charge in [-0.2, -0.15) is 5.10 Å². The van der Waals surface area contributed by atoms with E-state index in [1.807, 2.05) is 31.2 Å². The van der Waals surface area contributed by atoms with E-state index < -0.39 is 15.4 Å². The van der Waals surface area contributed by atoms with Crippen molar-refractivity contribution in [3.05, 3.63) is 34.8 Å². The van der Waals surface area contributed by atoms with Gasteiger partial charge in [0.15, 0.2) is 9.84 Å². The number of hydrogen-bond donors (Lipinski definition) is 1. The lowest BCUT2D eigenvalue weighted by Crippen LogP contribution is -2.33. The summed E-state index contributed by atoms with van der Waals surface area (Å²) in [5, 5.41) is 4.55. The van der Waals surface area contributed by atoms with E-state index in [0.29, 0.717) is 12.2 Å². The summed E-state index contributed by atoms with van der Waals surface area (Å²) in [5.74, 6) is 0.767. The first kappa shape index (κ1) is 14.6. The highest BCUT2D eigenvalue weighted by atomic mass is 79.9. The van der Waals surface area contributed by atoms with Crippen molar-refractivity contribution in [3.8, 4) is 11.3 Å². The number of halogens is 1. The molecule has 0 bridgehead atoms. The second-order valence-electron chi connectivity index (χ2n) is 5.72. The normalized spacial score (nSPS) is 24.3. The number of hydrogen-bond acceptors (Lipinski definition) is 4. The summed E-state index contributed by atoms with van der Waals surface area (Å²) in [5.41, 5.74) is 7.20. The molecule has 1 aliphatic heterocycles. The first-order chi connectivity index (χ1) is 9.79.